The molecule has 0 spiro atoms. The summed E-state index contributed by atoms with van der Waals surface area (Å²) in [6, 6.07) is 7.91. The number of fused-ring (bicyclic) bond motifs is 1. The van der Waals surface area contributed by atoms with E-state index in [1.807, 2.05) is 13.0 Å². The molecular weight excluding hydrogens is 363 g/mol. The lowest BCUT2D eigenvalue weighted by Gasteiger charge is -2.39. The molecule has 2 aromatic rings. The van der Waals surface area contributed by atoms with E-state index in [0.717, 1.165) is 23.2 Å². The predicted molar refractivity (Wildman–Crippen MR) is 99.0 cm³/mol. The SMILES string of the molecule is Cc1cc(-c2ccccc2OC(F)(F)F)c(Cl)c2c1NC(C)(C)CC2C. The third-order valence-electron chi connectivity index (χ3n) is 4.67. The maximum Gasteiger partial charge on any atom is 0.573 e. The van der Waals surface area contributed by atoms with Crippen LogP contribution in [0.4, 0.5) is 18.9 Å². The van der Waals surface area contributed by atoms with Crippen molar-refractivity contribution in [2.75, 3.05) is 5.32 Å². The zero-order valence-corrected chi connectivity index (χ0v) is 15.8. The smallest absolute Gasteiger partial charge is 0.405 e. The zero-order chi connectivity index (χ0) is 19.3. The molecule has 0 radical (unpaired) electrons. The van der Waals surface area contributed by atoms with Gasteiger partial charge in [-0.2, -0.15) is 0 Å². The first kappa shape index (κ1) is 18.9. The van der Waals surface area contributed by atoms with Gasteiger partial charge in [0.15, 0.2) is 0 Å². The van der Waals surface area contributed by atoms with Gasteiger partial charge in [-0.3, -0.25) is 0 Å². The molecule has 0 saturated carbocycles. The molecule has 3 rings (SSSR count). The Kier molecular flexibility index (Phi) is 4.63. The highest BCUT2D eigenvalue weighted by atomic mass is 35.5. The van der Waals surface area contributed by atoms with Gasteiger partial charge in [0, 0.05) is 22.4 Å². The van der Waals surface area contributed by atoms with Crippen molar-refractivity contribution in [2.24, 2.45) is 0 Å². The van der Waals surface area contributed by atoms with Crippen molar-refractivity contribution in [3.05, 3.63) is 46.5 Å². The van der Waals surface area contributed by atoms with E-state index in [9.17, 15) is 13.2 Å². The number of nitrogens with one attached hydrogen (secondary N) is 1. The van der Waals surface area contributed by atoms with Crippen LogP contribution in [0.1, 0.15) is 44.2 Å². The highest BCUT2D eigenvalue weighted by Crippen LogP contribution is 2.49. The van der Waals surface area contributed by atoms with E-state index in [0.29, 0.717) is 16.1 Å². The molecule has 6 heteroatoms. The first-order valence-electron chi connectivity index (χ1n) is 8.45. The van der Waals surface area contributed by atoms with Crippen LogP contribution >= 0.6 is 11.6 Å². The van der Waals surface area contributed by atoms with Gasteiger partial charge in [-0.05, 0) is 56.4 Å². The molecule has 2 aromatic carbocycles. The fourth-order valence-corrected chi connectivity index (χ4v) is 4.24. The van der Waals surface area contributed by atoms with Crippen LogP contribution in [0.2, 0.25) is 5.02 Å². The first-order chi connectivity index (χ1) is 12.0. The lowest BCUT2D eigenvalue weighted by molar-refractivity contribution is -0.274. The normalized spacial score (nSPS) is 18.8. The quantitative estimate of drug-likeness (QED) is 0.608. The van der Waals surface area contributed by atoms with Crippen LogP contribution in [0.5, 0.6) is 5.75 Å². The molecule has 0 saturated heterocycles. The third kappa shape index (κ3) is 3.63. The fraction of sp³-hybridized carbons (Fsp3) is 0.400. The van der Waals surface area contributed by atoms with Crippen LogP contribution in [0, 0.1) is 6.92 Å². The highest BCUT2D eigenvalue weighted by molar-refractivity contribution is 6.35. The Bertz CT molecular complexity index is 846. The topological polar surface area (TPSA) is 21.3 Å². The Morgan fingerprint density at radius 3 is 2.50 bits per heavy atom. The van der Waals surface area contributed by atoms with E-state index in [4.69, 9.17) is 11.6 Å². The number of hydrogen-bond acceptors (Lipinski definition) is 2. The minimum Gasteiger partial charge on any atom is -0.405 e. The molecule has 1 unspecified atom stereocenters. The summed E-state index contributed by atoms with van der Waals surface area (Å²) < 4.78 is 42.5. The average Bonchev–Trinajstić information content (AvgIpc) is 2.48. The summed E-state index contributed by atoms with van der Waals surface area (Å²) in [5, 5.41) is 3.98. The summed E-state index contributed by atoms with van der Waals surface area (Å²) in [6.45, 7) is 8.28. The molecule has 0 aromatic heterocycles. The number of anilines is 1. The summed E-state index contributed by atoms with van der Waals surface area (Å²) in [7, 11) is 0. The minimum absolute atomic E-state index is 0.0701. The molecule has 26 heavy (non-hydrogen) atoms. The van der Waals surface area contributed by atoms with Gasteiger partial charge in [0.2, 0.25) is 0 Å². The lowest BCUT2D eigenvalue weighted by Crippen LogP contribution is -2.37. The van der Waals surface area contributed by atoms with Crippen molar-refractivity contribution in [3.63, 3.8) is 0 Å². The van der Waals surface area contributed by atoms with Crippen LogP contribution in [0.3, 0.4) is 0 Å². The second kappa shape index (κ2) is 6.38. The number of aryl methyl sites for hydroxylation is 1. The standard InChI is InChI=1S/C20H21ClF3NO/c1-11-9-14(13-7-5-6-8-15(13)26-20(22,23)24)17(21)16-12(2)10-19(3,4)25-18(11)16/h5-9,12,25H,10H2,1-4H3. The van der Waals surface area contributed by atoms with Crippen LogP contribution in [-0.2, 0) is 0 Å². The second-order valence-corrected chi connectivity index (χ2v) is 7.88. The van der Waals surface area contributed by atoms with Gasteiger partial charge in [-0.1, -0.05) is 36.7 Å². The molecule has 1 heterocycles. The van der Waals surface area contributed by atoms with E-state index < -0.39 is 6.36 Å². The van der Waals surface area contributed by atoms with E-state index in [1.54, 1.807) is 12.1 Å². The minimum atomic E-state index is -4.76. The highest BCUT2D eigenvalue weighted by Gasteiger charge is 2.35. The molecule has 1 atom stereocenters. The molecule has 1 N–H and O–H groups in total. The molecule has 140 valence electrons. The van der Waals surface area contributed by atoms with E-state index >= 15 is 0 Å². The number of para-hydroxylation sites is 1. The number of alkyl halides is 3. The monoisotopic (exact) mass is 383 g/mol. The molecule has 0 bridgehead atoms. The Labute approximate surface area is 156 Å². The molecule has 2 nitrogen and oxygen atoms in total. The Morgan fingerprint density at radius 1 is 1.19 bits per heavy atom. The van der Waals surface area contributed by atoms with Crippen LogP contribution in [0.25, 0.3) is 11.1 Å². The number of hydrogen-bond donors (Lipinski definition) is 1. The van der Waals surface area contributed by atoms with Gasteiger partial charge in [-0.15, -0.1) is 13.2 Å². The Morgan fingerprint density at radius 2 is 1.85 bits per heavy atom. The maximum atomic E-state index is 12.8. The van der Waals surface area contributed by atoms with Crippen LogP contribution < -0.4 is 10.1 Å². The van der Waals surface area contributed by atoms with Crippen LogP contribution in [-0.4, -0.2) is 11.9 Å². The Balaban J connectivity index is 2.18. The van der Waals surface area contributed by atoms with Gasteiger partial charge in [-0.25, -0.2) is 0 Å². The van der Waals surface area contributed by atoms with Crippen LogP contribution in [0.15, 0.2) is 30.3 Å². The first-order valence-corrected chi connectivity index (χ1v) is 8.82. The fourth-order valence-electron chi connectivity index (χ4n) is 3.80. The average molecular weight is 384 g/mol. The molecule has 0 aliphatic carbocycles. The van der Waals surface area contributed by atoms with E-state index in [2.05, 4.69) is 30.8 Å². The number of halogens is 4. The summed E-state index contributed by atoms with van der Waals surface area (Å²) >= 11 is 6.69. The summed E-state index contributed by atoms with van der Waals surface area (Å²) in [6.07, 6.45) is -3.88. The number of ether oxygens (including phenoxy) is 1. The van der Waals surface area contributed by atoms with Gasteiger partial charge < -0.3 is 10.1 Å². The Hall–Kier alpha value is -1.88. The zero-order valence-electron chi connectivity index (χ0n) is 15.1. The summed E-state index contributed by atoms with van der Waals surface area (Å²) in [5.74, 6) is -0.0684. The molecule has 0 amide bonds. The molecule has 1 aliphatic rings. The van der Waals surface area contributed by atoms with Crippen molar-refractivity contribution in [2.45, 2.75) is 51.9 Å². The number of benzene rings is 2. The predicted octanol–water partition coefficient (Wildman–Crippen LogP) is 6.91. The second-order valence-electron chi connectivity index (χ2n) is 7.50. The van der Waals surface area contributed by atoms with Crippen molar-refractivity contribution in [1.82, 2.24) is 0 Å². The van der Waals surface area contributed by atoms with E-state index in [1.165, 1.54) is 12.1 Å². The van der Waals surface area contributed by atoms with Crippen molar-refractivity contribution in [1.29, 1.82) is 0 Å². The molecular formula is C20H21ClF3NO. The molecule has 1 aliphatic heterocycles. The van der Waals surface area contributed by atoms with Crippen molar-refractivity contribution >= 4 is 17.3 Å². The molecule has 0 fully saturated rings. The van der Waals surface area contributed by atoms with Gasteiger partial charge in [0.1, 0.15) is 5.75 Å². The third-order valence-corrected chi connectivity index (χ3v) is 5.08. The largest absolute Gasteiger partial charge is 0.573 e. The van der Waals surface area contributed by atoms with Gasteiger partial charge >= 0.3 is 6.36 Å². The van der Waals surface area contributed by atoms with E-state index in [-0.39, 0.29) is 17.2 Å². The maximum absolute atomic E-state index is 12.8. The van der Waals surface area contributed by atoms with Gasteiger partial charge in [0.05, 0.1) is 5.02 Å². The van der Waals surface area contributed by atoms with Gasteiger partial charge in [0.25, 0.3) is 0 Å². The van der Waals surface area contributed by atoms with Crippen molar-refractivity contribution in [3.8, 4) is 16.9 Å². The number of rotatable bonds is 2. The summed E-state index contributed by atoms with van der Waals surface area (Å²) in [5.41, 5.74) is 3.67. The summed E-state index contributed by atoms with van der Waals surface area (Å²) in [4.78, 5) is 0. The van der Waals surface area contributed by atoms with Crippen molar-refractivity contribution < 1.29 is 17.9 Å². The lowest BCUT2D eigenvalue weighted by atomic mass is 9.79.